The lowest BCUT2D eigenvalue weighted by Crippen LogP contribution is -2.25. The molecule has 1 fully saturated rings. The average molecular weight is 194 g/mol. The van der Waals surface area contributed by atoms with Crippen molar-refractivity contribution in [2.45, 2.75) is 25.4 Å². The van der Waals surface area contributed by atoms with Gasteiger partial charge in [-0.1, -0.05) is 0 Å². The van der Waals surface area contributed by atoms with Crippen molar-refractivity contribution in [3.8, 4) is 11.8 Å². The van der Waals surface area contributed by atoms with Crippen LogP contribution in [-0.2, 0) is 0 Å². The summed E-state index contributed by atoms with van der Waals surface area (Å²) in [6.07, 6.45) is 3.71. The molecule has 1 heterocycles. The van der Waals surface area contributed by atoms with E-state index in [0.29, 0.717) is 17.4 Å². The summed E-state index contributed by atoms with van der Waals surface area (Å²) in [4.78, 5) is 4.14. The van der Waals surface area contributed by atoms with Crippen LogP contribution in [0, 0.1) is 0 Å². The highest BCUT2D eigenvalue weighted by Crippen LogP contribution is 2.28. The van der Waals surface area contributed by atoms with Crippen LogP contribution in [0.15, 0.2) is 12.1 Å². The van der Waals surface area contributed by atoms with E-state index in [1.165, 1.54) is 6.42 Å². The van der Waals surface area contributed by atoms with Gasteiger partial charge < -0.3 is 15.2 Å². The van der Waals surface area contributed by atoms with Crippen LogP contribution in [-0.4, -0.2) is 18.2 Å². The molecule has 0 unspecified atom stereocenters. The minimum atomic E-state index is 0.289. The number of hydrogen-bond acceptors (Lipinski definition) is 4. The van der Waals surface area contributed by atoms with Gasteiger partial charge in [0.15, 0.2) is 0 Å². The van der Waals surface area contributed by atoms with Gasteiger partial charge in [-0.15, -0.1) is 0 Å². The summed E-state index contributed by atoms with van der Waals surface area (Å²) >= 11 is 0. The van der Waals surface area contributed by atoms with Crippen LogP contribution in [0.4, 0.5) is 5.69 Å². The molecule has 2 rings (SSSR count). The molecule has 0 atom stereocenters. The lowest BCUT2D eigenvalue weighted by atomic mass is 9.96. The summed E-state index contributed by atoms with van der Waals surface area (Å²) in [5.74, 6) is 1.03. The third-order valence-electron chi connectivity index (χ3n) is 2.40. The Morgan fingerprint density at radius 3 is 2.79 bits per heavy atom. The van der Waals surface area contributed by atoms with Crippen LogP contribution in [0.1, 0.15) is 19.3 Å². The van der Waals surface area contributed by atoms with Crippen molar-refractivity contribution in [2.24, 2.45) is 0 Å². The number of hydrogen-bond donors (Lipinski definition) is 1. The predicted molar refractivity (Wildman–Crippen MR) is 53.5 cm³/mol. The Morgan fingerprint density at radius 1 is 1.43 bits per heavy atom. The van der Waals surface area contributed by atoms with Crippen LogP contribution in [0.3, 0.4) is 0 Å². The van der Waals surface area contributed by atoms with Crippen molar-refractivity contribution in [3.05, 3.63) is 12.1 Å². The molecule has 0 amide bonds. The maximum Gasteiger partial charge on any atom is 0.240 e. The lowest BCUT2D eigenvalue weighted by molar-refractivity contribution is 0.114. The third kappa shape index (κ3) is 1.73. The Morgan fingerprint density at radius 2 is 2.21 bits per heavy atom. The second kappa shape index (κ2) is 3.74. The van der Waals surface area contributed by atoms with Crippen LogP contribution in [0.25, 0.3) is 0 Å². The summed E-state index contributed by atoms with van der Waals surface area (Å²) in [5.41, 5.74) is 6.30. The molecule has 1 aromatic rings. The van der Waals surface area contributed by atoms with E-state index >= 15 is 0 Å². The molecule has 4 heteroatoms. The number of aromatic nitrogens is 1. The average Bonchev–Trinajstić information content (AvgIpc) is 2.14. The predicted octanol–water partition coefficient (Wildman–Crippen LogP) is 1.60. The Hall–Kier alpha value is -1.45. The molecular weight excluding hydrogens is 180 g/mol. The van der Waals surface area contributed by atoms with Crippen molar-refractivity contribution >= 4 is 5.69 Å². The van der Waals surface area contributed by atoms with E-state index in [4.69, 9.17) is 15.2 Å². The normalized spacial score (nSPS) is 16.1. The Bertz CT molecular complexity index is 324. The van der Waals surface area contributed by atoms with Crippen molar-refractivity contribution in [1.82, 2.24) is 4.98 Å². The molecule has 0 aliphatic heterocycles. The Balaban J connectivity index is 2.13. The molecule has 1 aliphatic rings. The monoisotopic (exact) mass is 194 g/mol. The molecule has 0 saturated heterocycles. The van der Waals surface area contributed by atoms with Crippen molar-refractivity contribution < 1.29 is 9.47 Å². The largest absolute Gasteiger partial charge is 0.481 e. The van der Waals surface area contributed by atoms with Gasteiger partial charge in [0.2, 0.25) is 11.8 Å². The van der Waals surface area contributed by atoms with Gasteiger partial charge in [-0.25, -0.2) is 0 Å². The number of methoxy groups -OCH3 is 1. The molecule has 2 N–H and O–H groups in total. The first kappa shape index (κ1) is 9.12. The summed E-state index contributed by atoms with van der Waals surface area (Å²) in [6, 6.07) is 3.47. The molecule has 0 radical (unpaired) electrons. The number of nitrogen functional groups attached to an aromatic ring is 1. The highest BCUT2D eigenvalue weighted by Gasteiger charge is 2.20. The SMILES string of the molecule is COc1ccc(N)c(OC2CCC2)n1. The van der Waals surface area contributed by atoms with E-state index in [1.807, 2.05) is 0 Å². The minimum Gasteiger partial charge on any atom is -0.481 e. The maximum atomic E-state index is 5.73. The second-order valence-electron chi connectivity index (χ2n) is 3.42. The molecule has 76 valence electrons. The summed E-state index contributed by atoms with van der Waals surface area (Å²) in [5, 5.41) is 0. The fourth-order valence-electron chi connectivity index (χ4n) is 1.29. The molecule has 0 aromatic carbocycles. The van der Waals surface area contributed by atoms with Crippen molar-refractivity contribution in [1.29, 1.82) is 0 Å². The first-order chi connectivity index (χ1) is 6.79. The van der Waals surface area contributed by atoms with E-state index in [1.54, 1.807) is 19.2 Å². The van der Waals surface area contributed by atoms with Gasteiger partial charge in [-0.2, -0.15) is 4.98 Å². The molecule has 0 bridgehead atoms. The number of anilines is 1. The maximum absolute atomic E-state index is 5.73. The van der Waals surface area contributed by atoms with Crippen LogP contribution < -0.4 is 15.2 Å². The second-order valence-corrected chi connectivity index (χ2v) is 3.42. The van der Waals surface area contributed by atoms with E-state index in [0.717, 1.165) is 12.8 Å². The Kier molecular flexibility index (Phi) is 2.43. The van der Waals surface area contributed by atoms with Crippen LogP contribution in [0.2, 0.25) is 0 Å². The smallest absolute Gasteiger partial charge is 0.240 e. The zero-order valence-corrected chi connectivity index (χ0v) is 8.19. The van der Waals surface area contributed by atoms with Gasteiger partial charge in [0.1, 0.15) is 6.10 Å². The van der Waals surface area contributed by atoms with Gasteiger partial charge in [0.05, 0.1) is 12.8 Å². The summed E-state index contributed by atoms with van der Waals surface area (Å²) in [6.45, 7) is 0. The first-order valence-electron chi connectivity index (χ1n) is 4.77. The molecule has 0 spiro atoms. The van der Waals surface area contributed by atoms with Gasteiger partial charge in [-0.05, 0) is 25.3 Å². The molecule has 14 heavy (non-hydrogen) atoms. The molecular formula is C10H14N2O2. The molecule has 1 saturated carbocycles. The highest BCUT2D eigenvalue weighted by molar-refractivity contribution is 5.49. The standard InChI is InChI=1S/C10H14N2O2/c1-13-9-6-5-8(11)10(12-9)14-7-3-2-4-7/h5-7H,2-4,11H2,1H3. The van der Waals surface area contributed by atoms with E-state index in [-0.39, 0.29) is 6.10 Å². The molecule has 4 nitrogen and oxygen atoms in total. The lowest BCUT2D eigenvalue weighted by Gasteiger charge is -2.26. The molecule has 1 aromatic heterocycles. The van der Waals surface area contributed by atoms with Gasteiger partial charge in [0.25, 0.3) is 0 Å². The fourth-order valence-corrected chi connectivity index (χ4v) is 1.29. The summed E-state index contributed by atoms with van der Waals surface area (Å²) < 4.78 is 10.6. The van der Waals surface area contributed by atoms with E-state index in [9.17, 15) is 0 Å². The number of pyridine rings is 1. The van der Waals surface area contributed by atoms with Gasteiger partial charge in [0, 0.05) is 6.07 Å². The topological polar surface area (TPSA) is 57.4 Å². The van der Waals surface area contributed by atoms with E-state index in [2.05, 4.69) is 4.98 Å². The zero-order chi connectivity index (χ0) is 9.97. The third-order valence-corrected chi connectivity index (χ3v) is 2.40. The number of ether oxygens (including phenoxy) is 2. The number of nitrogens with two attached hydrogens (primary N) is 1. The highest BCUT2D eigenvalue weighted by atomic mass is 16.5. The summed E-state index contributed by atoms with van der Waals surface area (Å²) in [7, 11) is 1.58. The number of nitrogens with zero attached hydrogens (tertiary/aromatic N) is 1. The van der Waals surface area contributed by atoms with Gasteiger partial charge >= 0.3 is 0 Å². The minimum absolute atomic E-state index is 0.289. The van der Waals surface area contributed by atoms with Crippen LogP contribution in [0.5, 0.6) is 11.8 Å². The van der Waals surface area contributed by atoms with Crippen LogP contribution >= 0.6 is 0 Å². The number of rotatable bonds is 3. The van der Waals surface area contributed by atoms with Crippen molar-refractivity contribution in [3.63, 3.8) is 0 Å². The molecule has 1 aliphatic carbocycles. The van der Waals surface area contributed by atoms with E-state index < -0.39 is 0 Å². The first-order valence-corrected chi connectivity index (χ1v) is 4.77. The van der Waals surface area contributed by atoms with Gasteiger partial charge in [-0.3, -0.25) is 0 Å². The van der Waals surface area contributed by atoms with Crippen molar-refractivity contribution in [2.75, 3.05) is 12.8 Å². The zero-order valence-electron chi connectivity index (χ0n) is 8.19. The Labute approximate surface area is 83.0 Å². The fraction of sp³-hybridized carbons (Fsp3) is 0.500. The quantitative estimate of drug-likeness (QED) is 0.794.